The molecule has 3 N–H and O–H groups in total. The Morgan fingerprint density at radius 1 is 1.08 bits per heavy atom. The smallest absolute Gasteiger partial charge is 0.336 e. The van der Waals surface area contributed by atoms with E-state index in [1.54, 1.807) is 32.9 Å². The number of amides is 1. The van der Waals surface area contributed by atoms with Crippen LogP contribution in [0.15, 0.2) is 58.9 Å². The van der Waals surface area contributed by atoms with Crippen LogP contribution in [0.25, 0.3) is 0 Å². The third-order valence-corrected chi connectivity index (χ3v) is 6.42. The molecule has 1 unspecified atom stereocenters. The number of phenolic OH excluding ortho intramolecular Hbond substituents is 1. The van der Waals surface area contributed by atoms with E-state index < -0.39 is 28.7 Å². The highest BCUT2D eigenvalue weighted by Crippen LogP contribution is 2.43. The van der Waals surface area contributed by atoms with Crippen LogP contribution in [0.1, 0.15) is 41.9 Å². The molecule has 2 aromatic rings. The Morgan fingerprint density at radius 3 is 2.31 bits per heavy atom. The van der Waals surface area contributed by atoms with Crippen molar-refractivity contribution in [1.29, 1.82) is 0 Å². The van der Waals surface area contributed by atoms with Gasteiger partial charge in [-0.1, -0.05) is 23.5 Å². The van der Waals surface area contributed by atoms with Crippen molar-refractivity contribution in [3.63, 3.8) is 0 Å². The first-order chi connectivity index (χ1) is 17.1. The lowest BCUT2D eigenvalue weighted by molar-refractivity contribution is -0.380. The average molecular weight is 516 g/mol. The van der Waals surface area contributed by atoms with Gasteiger partial charge in [0.2, 0.25) is 0 Å². The van der Waals surface area contributed by atoms with Crippen LogP contribution in [0, 0.1) is 10.1 Å². The number of thiophene rings is 1. The summed E-state index contributed by atoms with van der Waals surface area (Å²) in [5, 5.41) is 26.5. The van der Waals surface area contributed by atoms with Gasteiger partial charge in [0.15, 0.2) is 0 Å². The Balaban J connectivity index is 1.80. The van der Waals surface area contributed by atoms with Gasteiger partial charge in [-0.3, -0.25) is 14.9 Å². The van der Waals surface area contributed by atoms with Crippen molar-refractivity contribution >= 4 is 34.2 Å². The summed E-state index contributed by atoms with van der Waals surface area (Å²) in [5.74, 6) is -3.07. The molecule has 1 amide bonds. The van der Waals surface area contributed by atoms with Crippen molar-refractivity contribution in [2.45, 2.75) is 26.7 Å². The molecule has 0 fully saturated rings. The number of nitro groups is 1. The number of para-hydroxylation sites is 1. The summed E-state index contributed by atoms with van der Waals surface area (Å²) in [4.78, 5) is 49.3. The predicted octanol–water partition coefficient (Wildman–Crippen LogP) is 3.13. The topological polar surface area (TPSA) is 157 Å². The molecule has 11 nitrogen and oxygen atoms in total. The van der Waals surface area contributed by atoms with Gasteiger partial charge >= 0.3 is 16.9 Å². The highest BCUT2D eigenvalue weighted by Gasteiger charge is 2.39. The number of rotatable bonds is 9. The molecule has 36 heavy (non-hydrogen) atoms. The van der Waals surface area contributed by atoms with Crippen molar-refractivity contribution in [3.05, 3.63) is 79.5 Å². The quantitative estimate of drug-likeness (QED) is 0.197. The third-order valence-electron chi connectivity index (χ3n) is 5.32. The van der Waals surface area contributed by atoms with Crippen molar-refractivity contribution in [2.24, 2.45) is 0 Å². The van der Waals surface area contributed by atoms with E-state index in [4.69, 9.17) is 9.47 Å². The van der Waals surface area contributed by atoms with Gasteiger partial charge in [-0.2, -0.15) is 0 Å². The highest BCUT2D eigenvalue weighted by molar-refractivity contribution is 7.15. The van der Waals surface area contributed by atoms with E-state index in [1.807, 2.05) is 0 Å². The molecule has 0 spiro atoms. The molecular weight excluding hydrogens is 490 g/mol. The zero-order valence-corrected chi connectivity index (χ0v) is 20.6. The Kier molecular flexibility index (Phi) is 8.43. The van der Waals surface area contributed by atoms with Crippen LogP contribution in [0.5, 0.6) is 5.75 Å². The van der Waals surface area contributed by atoms with Crippen molar-refractivity contribution in [2.75, 3.05) is 19.8 Å². The zero-order chi connectivity index (χ0) is 26.4. The lowest BCUT2D eigenvalue weighted by Gasteiger charge is -2.29. The van der Waals surface area contributed by atoms with Crippen molar-refractivity contribution in [3.8, 4) is 5.75 Å². The van der Waals surface area contributed by atoms with E-state index in [2.05, 4.69) is 10.6 Å². The van der Waals surface area contributed by atoms with Crippen LogP contribution in [0.2, 0.25) is 0 Å². The monoisotopic (exact) mass is 515 g/mol. The third kappa shape index (κ3) is 5.71. The van der Waals surface area contributed by atoms with Gasteiger partial charge in [-0.25, -0.2) is 9.59 Å². The molecular formula is C24H25N3O8S. The fourth-order valence-corrected chi connectivity index (χ4v) is 4.71. The summed E-state index contributed by atoms with van der Waals surface area (Å²) < 4.78 is 10.6. The molecule has 1 atom stereocenters. The number of allylic oxidation sites excluding steroid dienone is 2. The van der Waals surface area contributed by atoms with Crippen LogP contribution in [-0.4, -0.2) is 47.6 Å². The standard InChI is InChI=1S/C24H25N3O8S/c1-4-34-23(30)19-13(2)26-14(3)20(21(19)17-9-10-18(36-17)27(32)33)24(31)35-12-11-25-22(29)15-7-5-6-8-16(15)28/h5-10,21,26,28H,4,11-12H2,1-3H3,(H,25,29). The van der Waals surface area contributed by atoms with E-state index in [9.17, 15) is 29.6 Å². The first kappa shape index (κ1) is 26.4. The maximum Gasteiger partial charge on any atom is 0.336 e. The number of benzene rings is 1. The van der Waals surface area contributed by atoms with E-state index in [1.165, 1.54) is 24.3 Å². The summed E-state index contributed by atoms with van der Waals surface area (Å²) in [6.07, 6.45) is 0. The maximum atomic E-state index is 13.2. The van der Waals surface area contributed by atoms with Gasteiger partial charge < -0.3 is 25.2 Å². The summed E-state index contributed by atoms with van der Waals surface area (Å²) in [6.45, 7) is 4.82. The molecule has 1 aliphatic rings. The van der Waals surface area contributed by atoms with Gasteiger partial charge in [-0.15, -0.1) is 0 Å². The zero-order valence-electron chi connectivity index (χ0n) is 19.8. The van der Waals surface area contributed by atoms with Crippen molar-refractivity contribution in [1.82, 2.24) is 10.6 Å². The average Bonchev–Trinajstić information content (AvgIpc) is 3.32. The van der Waals surface area contributed by atoms with Crippen LogP contribution in [0.3, 0.4) is 0 Å². The number of nitrogens with one attached hydrogen (secondary N) is 2. The fourth-order valence-electron chi connectivity index (χ4n) is 3.77. The predicted molar refractivity (Wildman–Crippen MR) is 130 cm³/mol. The normalized spacial score (nSPS) is 15.2. The van der Waals surface area contributed by atoms with E-state index >= 15 is 0 Å². The van der Waals surface area contributed by atoms with E-state index in [0.717, 1.165) is 11.3 Å². The Labute approximate surface area is 210 Å². The number of ether oxygens (including phenoxy) is 2. The minimum Gasteiger partial charge on any atom is -0.507 e. The molecule has 0 saturated carbocycles. The van der Waals surface area contributed by atoms with E-state index in [0.29, 0.717) is 16.3 Å². The summed E-state index contributed by atoms with van der Waals surface area (Å²) in [7, 11) is 0. The summed E-state index contributed by atoms with van der Waals surface area (Å²) in [5.41, 5.74) is 1.22. The van der Waals surface area contributed by atoms with E-state index in [-0.39, 0.29) is 47.2 Å². The summed E-state index contributed by atoms with van der Waals surface area (Å²) in [6, 6.07) is 8.83. The van der Waals surface area contributed by atoms with Gasteiger partial charge in [0.1, 0.15) is 12.4 Å². The second-order valence-corrected chi connectivity index (χ2v) is 8.79. The number of dihydropyridines is 1. The maximum absolute atomic E-state index is 13.2. The number of aromatic hydroxyl groups is 1. The minimum atomic E-state index is -0.938. The lowest BCUT2D eigenvalue weighted by atomic mass is 9.84. The number of hydrogen-bond donors (Lipinski definition) is 3. The number of carbonyl (C=O) groups is 3. The van der Waals surface area contributed by atoms with Gasteiger partial charge in [0.25, 0.3) is 5.91 Å². The Morgan fingerprint density at radius 2 is 1.72 bits per heavy atom. The number of carbonyl (C=O) groups excluding carboxylic acids is 3. The number of phenols is 1. The number of hydrogen-bond acceptors (Lipinski definition) is 10. The molecule has 0 saturated heterocycles. The SMILES string of the molecule is CCOC(=O)C1=C(C)NC(C)=C(C(=O)OCCNC(=O)c2ccccc2O)C1c1ccc([N+](=O)[O-])s1. The molecule has 0 radical (unpaired) electrons. The lowest BCUT2D eigenvalue weighted by Crippen LogP contribution is -2.33. The molecule has 3 rings (SSSR count). The highest BCUT2D eigenvalue weighted by atomic mass is 32.1. The van der Waals surface area contributed by atoms with Gasteiger partial charge in [-0.05, 0) is 39.0 Å². The molecule has 1 aromatic heterocycles. The van der Waals surface area contributed by atoms with Gasteiger partial charge in [0, 0.05) is 22.3 Å². The van der Waals surface area contributed by atoms with Crippen molar-refractivity contribution < 1.29 is 33.9 Å². The number of esters is 2. The number of nitrogens with zero attached hydrogens (tertiary/aromatic N) is 1. The molecule has 1 aromatic carbocycles. The molecule has 2 heterocycles. The second-order valence-electron chi connectivity index (χ2n) is 7.70. The first-order valence-electron chi connectivity index (χ1n) is 11.0. The molecule has 1 aliphatic heterocycles. The van der Waals surface area contributed by atoms with Crippen LogP contribution in [-0.2, 0) is 19.1 Å². The molecule has 0 bridgehead atoms. The van der Waals surface area contributed by atoms with Crippen LogP contribution < -0.4 is 10.6 Å². The summed E-state index contributed by atoms with van der Waals surface area (Å²) >= 11 is 0.852. The molecule has 12 heteroatoms. The fraction of sp³-hybridized carbons (Fsp3) is 0.292. The van der Waals surface area contributed by atoms with Crippen LogP contribution in [0.4, 0.5) is 5.00 Å². The second kappa shape index (κ2) is 11.5. The van der Waals surface area contributed by atoms with Gasteiger partial charge in [0.05, 0.1) is 40.7 Å². The largest absolute Gasteiger partial charge is 0.507 e. The Hall–Kier alpha value is -4.19. The Bertz CT molecular complexity index is 1260. The molecule has 0 aliphatic carbocycles. The molecule has 190 valence electrons. The minimum absolute atomic E-state index is 0.0343. The first-order valence-corrected chi connectivity index (χ1v) is 11.8. The van der Waals surface area contributed by atoms with Crippen LogP contribution >= 0.6 is 11.3 Å².